The van der Waals surface area contributed by atoms with Gasteiger partial charge >= 0.3 is 0 Å². The van der Waals surface area contributed by atoms with E-state index in [0.717, 1.165) is 15.0 Å². The lowest BCUT2D eigenvalue weighted by molar-refractivity contribution is 0.932. The van der Waals surface area contributed by atoms with Crippen molar-refractivity contribution in [1.29, 1.82) is 0 Å². The quantitative estimate of drug-likeness (QED) is 0.671. The van der Waals surface area contributed by atoms with E-state index >= 15 is 0 Å². The average molecular weight is 347 g/mol. The highest BCUT2D eigenvalue weighted by molar-refractivity contribution is 9.10. The van der Waals surface area contributed by atoms with Gasteiger partial charge in [-0.05, 0) is 23.8 Å². The minimum Gasteiger partial charge on any atom is -0.350 e. The highest BCUT2D eigenvalue weighted by Gasteiger charge is 2.15. The number of aromatic amines is 1. The Morgan fingerprint density at radius 2 is 1.85 bits per heavy atom. The number of rotatable bonds is 4. The minimum absolute atomic E-state index is 0.235. The summed E-state index contributed by atoms with van der Waals surface area (Å²) in [5.41, 5.74) is 8.36. The van der Waals surface area contributed by atoms with Crippen molar-refractivity contribution in [1.82, 2.24) is 4.98 Å². The van der Waals surface area contributed by atoms with Crippen molar-refractivity contribution in [3.63, 3.8) is 0 Å². The minimum atomic E-state index is 0.235. The van der Waals surface area contributed by atoms with Crippen LogP contribution in [0.4, 0.5) is 0 Å². The molecular formula is C16H15BrN2S. The van der Waals surface area contributed by atoms with Crippen LogP contribution in [0.25, 0.3) is 10.9 Å². The summed E-state index contributed by atoms with van der Waals surface area (Å²) in [6.45, 7) is 0.600. The first kappa shape index (κ1) is 13.7. The van der Waals surface area contributed by atoms with Gasteiger partial charge in [0.1, 0.15) is 0 Å². The lowest BCUT2D eigenvalue weighted by Gasteiger charge is -2.15. The number of fused-ring (bicyclic) bond motifs is 1. The van der Waals surface area contributed by atoms with Crippen LogP contribution in [-0.4, -0.2) is 11.5 Å². The molecule has 102 valence electrons. The van der Waals surface area contributed by atoms with E-state index in [2.05, 4.69) is 63.4 Å². The van der Waals surface area contributed by atoms with Crippen LogP contribution in [-0.2, 0) is 0 Å². The fourth-order valence-corrected chi connectivity index (χ4v) is 4.05. The fraction of sp³-hybridized carbons (Fsp3) is 0.125. The van der Waals surface area contributed by atoms with Crippen molar-refractivity contribution < 1.29 is 0 Å². The Balaban J connectivity index is 1.90. The Bertz CT molecular complexity index is 690. The number of hydrogen-bond acceptors (Lipinski definition) is 2. The van der Waals surface area contributed by atoms with Gasteiger partial charge in [0.2, 0.25) is 0 Å². The van der Waals surface area contributed by atoms with Gasteiger partial charge in [0.05, 0.1) is 5.03 Å². The Morgan fingerprint density at radius 3 is 2.60 bits per heavy atom. The topological polar surface area (TPSA) is 41.8 Å². The van der Waals surface area contributed by atoms with Crippen molar-refractivity contribution in [3.8, 4) is 0 Å². The number of nitrogens with two attached hydrogens (primary N) is 1. The van der Waals surface area contributed by atoms with E-state index in [1.165, 1.54) is 10.9 Å². The van der Waals surface area contributed by atoms with Crippen molar-refractivity contribution >= 4 is 38.6 Å². The van der Waals surface area contributed by atoms with Gasteiger partial charge in [-0.3, -0.25) is 0 Å². The van der Waals surface area contributed by atoms with E-state index in [4.69, 9.17) is 5.73 Å². The van der Waals surface area contributed by atoms with Crippen LogP contribution in [0.1, 0.15) is 10.8 Å². The Morgan fingerprint density at radius 1 is 1.10 bits per heavy atom. The number of aromatic nitrogens is 1. The number of H-pyrrole nitrogens is 1. The van der Waals surface area contributed by atoms with Gasteiger partial charge in [-0.25, -0.2) is 0 Å². The molecule has 0 aliphatic carbocycles. The van der Waals surface area contributed by atoms with E-state index in [1.54, 1.807) is 11.8 Å². The first-order valence-corrected chi connectivity index (χ1v) is 8.14. The highest BCUT2D eigenvalue weighted by atomic mass is 79.9. The molecule has 0 amide bonds. The monoisotopic (exact) mass is 346 g/mol. The highest BCUT2D eigenvalue weighted by Crippen LogP contribution is 2.38. The summed E-state index contributed by atoms with van der Waals surface area (Å²) in [5, 5.41) is 2.62. The summed E-state index contributed by atoms with van der Waals surface area (Å²) in [7, 11) is 0. The zero-order chi connectivity index (χ0) is 13.9. The van der Waals surface area contributed by atoms with Crippen LogP contribution in [0.3, 0.4) is 0 Å². The van der Waals surface area contributed by atoms with E-state index in [-0.39, 0.29) is 5.25 Å². The second-order valence-electron chi connectivity index (χ2n) is 4.58. The van der Waals surface area contributed by atoms with Gasteiger partial charge in [0, 0.05) is 27.2 Å². The molecule has 1 unspecified atom stereocenters. The third-order valence-electron chi connectivity index (χ3n) is 3.24. The number of hydrogen-bond donors (Lipinski definition) is 2. The maximum absolute atomic E-state index is 5.96. The van der Waals surface area contributed by atoms with Crippen LogP contribution in [0.2, 0.25) is 0 Å². The van der Waals surface area contributed by atoms with Gasteiger partial charge in [0.15, 0.2) is 0 Å². The second kappa shape index (κ2) is 6.04. The van der Waals surface area contributed by atoms with Gasteiger partial charge in [-0.1, -0.05) is 64.1 Å². The molecule has 0 spiro atoms. The molecular weight excluding hydrogens is 332 g/mol. The SMILES string of the molecule is NCC(Sc1cc2ccccc2[nH]1)c1ccccc1Br. The van der Waals surface area contributed by atoms with E-state index in [0.29, 0.717) is 6.54 Å². The molecule has 0 bridgehead atoms. The number of nitrogens with one attached hydrogen (secondary N) is 1. The summed E-state index contributed by atoms with van der Waals surface area (Å²) >= 11 is 5.38. The van der Waals surface area contributed by atoms with E-state index < -0.39 is 0 Å². The molecule has 0 radical (unpaired) electrons. The van der Waals surface area contributed by atoms with Crippen LogP contribution < -0.4 is 5.73 Å². The summed E-state index contributed by atoms with van der Waals surface area (Å²) < 4.78 is 1.11. The first-order valence-electron chi connectivity index (χ1n) is 6.47. The van der Waals surface area contributed by atoms with Crippen LogP contribution >= 0.6 is 27.7 Å². The summed E-state index contributed by atoms with van der Waals surface area (Å²) in [6.07, 6.45) is 0. The molecule has 3 rings (SSSR count). The normalized spacial score (nSPS) is 12.7. The molecule has 1 atom stereocenters. The zero-order valence-electron chi connectivity index (χ0n) is 10.8. The van der Waals surface area contributed by atoms with E-state index in [1.807, 2.05) is 12.1 Å². The maximum Gasteiger partial charge on any atom is 0.0738 e. The summed E-state index contributed by atoms with van der Waals surface area (Å²) in [5.74, 6) is 0. The third kappa shape index (κ3) is 2.77. The Labute approximate surface area is 130 Å². The van der Waals surface area contributed by atoms with Crippen molar-refractivity contribution in [2.24, 2.45) is 5.73 Å². The lowest BCUT2D eigenvalue weighted by atomic mass is 10.1. The van der Waals surface area contributed by atoms with Crippen molar-refractivity contribution in [2.45, 2.75) is 10.3 Å². The van der Waals surface area contributed by atoms with Crippen LogP contribution in [0, 0.1) is 0 Å². The Hall–Kier alpha value is -1.23. The molecule has 0 aliphatic heterocycles. The molecule has 3 N–H and O–H groups in total. The summed E-state index contributed by atoms with van der Waals surface area (Å²) in [4.78, 5) is 3.44. The zero-order valence-corrected chi connectivity index (χ0v) is 13.2. The molecule has 3 aromatic rings. The lowest BCUT2D eigenvalue weighted by Crippen LogP contribution is -2.09. The van der Waals surface area contributed by atoms with Crippen LogP contribution in [0.5, 0.6) is 0 Å². The smallest absolute Gasteiger partial charge is 0.0738 e. The molecule has 0 aliphatic rings. The number of benzene rings is 2. The molecule has 0 saturated heterocycles. The van der Waals surface area contributed by atoms with Gasteiger partial charge in [0.25, 0.3) is 0 Å². The number of halogens is 1. The van der Waals surface area contributed by atoms with Gasteiger partial charge in [-0.2, -0.15) is 0 Å². The number of thioether (sulfide) groups is 1. The van der Waals surface area contributed by atoms with E-state index in [9.17, 15) is 0 Å². The largest absolute Gasteiger partial charge is 0.350 e. The first-order chi connectivity index (χ1) is 9.78. The molecule has 20 heavy (non-hydrogen) atoms. The molecule has 2 nitrogen and oxygen atoms in total. The molecule has 1 heterocycles. The van der Waals surface area contributed by atoms with Crippen molar-refractivity contribution in [3.05, 3.63) is 64.6 Å². The standard InChI is InChI=1S/C16H15BrN2S/c17-13-7-3-2-6-12(13)15(10-18)20-16-9-11-5-1-4-8-14(11)19-16/h1-9,15,19H,10,18H2. The molecule has 1 aromatic heterocycles. The third-order valence-corrected chi connectivity index (χ3v) is 5.17. The predicted molar refractivity (Wildman–Crippen MR) is 90.1 cm³/mol. The second-order valence-corrected chi connectivity index (χ2v) is 6.68. The predicted octanol–water partition coefficient (Wildman–Crippen LogP) is 4.72. The van der Waals surface area contributed by atoms with Crippen molar-refractivity contribution in [2.75, 3.05) is 6.54 Å². The Kier molecular flexibility index (Phi) is 4.15. The molecule has 0 fully saturated rings. The molecule has 4 heteroatoms. The van der Waals surface area contributed by atoms with Gasteiger partial charge in [-0.15, -0.1) is 0 Å². The average Bonchev–Trinajstić information content (AvgIpc) is 2.88. The maximum atomic E-state index is 5.96. The number of para-hydroxylation sites is 1. The van der Waals surface area contributed by atoms with Gasteiger partial charge < -0.3 is 10.7 Å². The molecule has 0 saturated carbocycles. The fourth-order valence-electron chi connectivity index (χ4n) is 2.24. The summed E-state index contributed by atoms with van der Waals surface area (Å²) in [6, 6.07) is 18.7. The van der Waals surface area contributed by atoms with Crippen LogP contribution in [0.15, 0.2) is 64.1 Å². The molecule has 2 aromatic carbocycles.